The van der Waals surface area contributed by atoms with Crippen molar-refractivity contribution in [2.45, 2.75) is 34.6 Å². The van der Waals surface area contributed by atoms with Gasteiger partial charge in [0, 0.05) is 0 Å². The predicted octanol–water partition coefficient (Wildman–Crippen LogP) is 5.16. The van der Waals surface area contributed by atoms with Crippen LogP contribution < -0.4 is 5.22 Å². The first kappa shape index (κ1) is 13.6. The number of benzene rings is 3. The zero-order valence-electron chi connectivity index (χ0n) is 12.5. The van der Waals surface area contributed by atoms with Crippen molar-refractivity contribution in [1.82, 2.24) is 0 Å². The third kappa shape index (κ3) is 2.12. The average Bonchev–Trinajstić information content (AvgIpc) is 2.46. The molecule has 0 amide bonds. The van der Waals surface area contributed by atoms with Crippen LogP contribution in [0.15, 0.2) is 36.4 Å². The molecule has 0 aromatic heterocycles. The van der Waals surface area contributed by atoms with Gasteiger partial charge in [-0.15, -0.1) is 0 Å². The summed E-state index contributed by atoms with van der Waals surface area (Å²) in [6.45, 7) is 10.5. The van der Waals surface area contributed by atoms with E-state index >= 15 is 0 Å². The van der Waals surface area contributed by atoms with Gasteiger partial charge in [-0.25, -0.2) is 0 Å². The monoisotopic (exact) mass is 250 g/mol. The highest BCUT2D eigenvalue weighted by molar-refractivity contribution is 6.12. The minimum Gasteiger partial charge on any atom is -0.0798 e. The average molecular weight is 250 g/mol. The summed E-state index contributed by atoms with van der Waals surface area (Å²) in [6, 6.07) is 13.4. The molecule has 0 nitrogen and oxygen atoms in total. The molecule has 0 saturated heterocycles. The van der Waals surface area contributed by atoms with E-state index in [0.29, 0.717) is 0 Å². The molecular weight excluding hydrogens is 228 g/mol. The topological polar surface area (TPSA) is 0 Å². The van der Waals surface area contributed by atoms with Crippen molar-refractivity contribution in [2.24, 2.45) is 0 Å². The fourth-order valence-electron chi connectivity index (χ4n) is 2.74. The van der Waals surface area contributed by atoms with E-state index in [9.17, 15) is 0 Å². The Balaban J connectivity index is 0.000000637. The van der Waals surface area contributed by atoms with E-state index in [2.05, 4.69) is 63.2 Å². The van der Waals surface area contributed by atoms with Crippen molar-refractivity contribution in [2.75, 3.05) is 0 Å². The maximum atomic E-state index is 2.25. The standard InChI is InChI=1S/C17H16.C2H6/c1-4-13-8-9-14-7-5-11(2)15-10-6-12(3)16(13)17(14)15;1-2/h4-10H,1-3H3;1-2H3/b13-4-;. The molecule has 0 aliphatic carbocycles. The van der Waals surface area contributed by atoms with Crippen molar-refractivity contribution in [3.05, 3.63) is 52.7 Å². The summed E-state index contributed by atoms with van der Waals surface area (Å²) in [4.78, 5) is 0. The Morgan fingerprint density at radius 1 is 0.737 bits per heavy atom. The van der Waals surface area contributed by atoms with Crippen molar-refractivity contribution in [1.29, 1.82) is 0 Å². The quantitative estimate of drug-likeness (QED) is 0.517. The van der Waals surface area contributed by atoms with Crippen LogP contribution in [0.1, 0.15) is 31.9 Å². The second-order valence-electron chi connectivity index (χ2n) is 4.73. The fraction of sp³-hybridized carbons (Fsp3) is 0.263. The maximum Gasteiger partial charge on any atom is -0.00276 e. The molecular formula is C19H22. The SMILES string of the molecule is C/C=c1/ccc2ccc(C)c3ccc(C)c1c23.CC. The molecule has 0 saturated carbocycles. The highest BCUT2D eigenvalue weighted by atomic mass is 14.1. The molecule has 3 aromatic carbocycles. The third-order valence-corrected chi connectivity index (χ3v) is 3.68. The third-order valence-electron chi connectivity index (χ3n) is 3.68. The Labute approximate surface area is 115 Å². The van der Waals surface area contributed by atoms with Crippen molar-refractivity contribution in [3.8, 4) is 0 Å². The minimum atomic E-state index is 1.34. The molecule has 3 aromatic rings. The molecule has 0 heterocycles. The largest absolute Gasteiger partial charge is 0.0798 e. The van der Waals surface area contributed by atoms with Crippen LogP contribution in [-0.2, 0) is 0 Å². The second kappa shape index (κ2) is 5.44. The van der Waals surface area contributed by atoms with Crippen LogP contribution in [0.3, 0.4) is 0 Å². The van der Waals surface area contributed by atoms with Gasteiger partial charge in [0.05, 0.1) is 0 Å². The van der Waals surface area contributed by atoms with E-state index < -0.39 is 0 Å². The fourth-order valence-corrected chi connectivity index (χ4v) is 2.74. The molecule has 0 radical (unpaired) electrons. The molecule has 0 unspecified atom stereocenters. The highest BCUT2D eigenvalue weighted by Gasteiger charge is 2.06. The smallest absolute Gasteiger partial charge is 0.00276 e. The van der Waals surface area contributed by atoms with Crippen molar-refractivity contribution >= 4 is 27.6 Å². The van der Waals surface area contributed by atoms with Gasteiger partial charge >= 0.3 is 0 Å². The van der Waals surface area contributed by atoms with E-state index in [1.54, 1.807) is 0 Å². The van der Waals surface area contributed by atoms with Gasteiger partial charge in [-0.1, -0.05) is 56.3 Å². The van der Waals surface area contributed by atoms with Crippen LogP contribution in [0.5, 0.6) is 0 Å². The summed E-state index contributed by atoms with van der Waals surface area (Å²) >= 11 is 0. The lowest BCUT2D eigenvalue weighted by molar-refractivity contribution is 1.49. The number of aryl methyl sites for hydroxylation is 2. The van der Waals surface area contributed by atoms with Gasteiger partial charge in [0.25, 0.3) is 0 Å². The summed E-state index contributed by atoms with van der Waals surface area (Å²) in [6.07, 6.45) is 2.20. The van der Waals surface area contributed by atoms with Gasteiger partial charge in [0.1, 0.15) is 0 Å². The first-order valence-electron chi connectivity index (χ1n) is 7.10. The normalized spacial score (nSPS) is 11.7. The number of hydrogen-bond acceptors (Lipinski definition) is 0. The van der Waals surface area contributed by atoms with E-state index in [0.717, 1.165) is 0 Å². The minimum absolute atomic E-state index is 1.34. The van der Waals surface area contributed by atoms with Crippen LogP contribution in [0.25, 0.3) is 27.6 Å². The molecule has 0 heteroatoms. The van der Waals surface area contributed by atoms with Crippen LogP contribution in [0.2, 0.25) is 0 Å². The van der Waals surface area contributed by atoms with E-state index in [-0.39, 0.29) is 0 Å². The Morgan fingerprint density at radius 3 is 2.05 bits per heavy atom. The van der Waals surface area contributed by atoms with Gasteiger partial charge in [-0.2, -0.15) is 0 Å². The Kier molecular flexibility index (Phi) is 3.90. The van der Waals surface area contributed by atoms with Crippen molar-refractivity contribution < 1.29 is 0 Å². The van der Waals surface area contributed by atoms with Crippen molar-refractivity contribution in [3.63, 3.8) is 0 Å². The lowest BCUT2D eigenvalue weighted by Gasteiger charge is -2.11. The Morgan fingerprint density at radius 2 is 1.37 bits per heavy atom. The van der Waals surface area contributed by atoms with E-state index in [1.165, 1.54) is 37.9 Å². The predicted molar refractivity (Wildman–Crippen MR) is 87.6 cm³/mol. The molecule has 3 rings (SSSR count). The highest BCUT2D eigenvalue weighted by Crippen LogP contribution is 2.29. The summed E-state index contributed by atoms with van der Waals surface area (Å²) in [5.41, 5.74) is 2.72. The summed E-state index contributed by atoms with van der Waals surface area (Å²) < 4.78 is 0. The summed E-state index contributed by atoms with van der Waals surface area (Å²) in [7, 11) is 0. The molecule has 98 valence electrons. The van der Waals surface area contributed by atoms with Crippen LogP contribution in [0.4, 0.5) is 0 Å². The summed E-state index contributed by atoms with van der Waals surface area (Å²) in [5.74, 6) is 0. The maximum absolute atomic E-state index is 2.25. The van der Waals surface area contributed by atoms with Gasteiger partial charge < -0.3 is 0 Å². The van der Waals surface area contributed by atoms with E-state index in [1.807, 2.05) is 13.8 Å². The van der Waals surface area contributed by atoms with Crippen LogP contribution in [-0.4, -0.2) is 0 Å². The second-order valence-corrected chi connectivity index (χ2v) is 4.73. The molecule has 19 heavy (non-hydrogen) atoms. The molecule has 0 fully saturated rings. The Bertz CT molecular complexity index is 764. The van der Waals surface area contributed by atoms with Gasteiger partial charge in [-0.3, -0.25) is 0 Å². The van der Waals surface area contributed by atoms with Gasteiger partial charge in [0.2, 0.25) is 0 Å². The Hall–Kier alpha value is -1.82. The molecule has 0 aliphatic rings. The van der Waals surface area contributed by atoms with Gasteiger partial charge in [0.15, 0.2) is 0 Å². The lowest BCUT2D eigenvalue weighted by atomic mass is 9.93. The number of hydrogen-bond donors (Lipinski definition) is 0. The number of rotatable bonds is 0. The molecule has 0 aliphatic heterocycles. The first-order chi connectivity index (χ1) is 9.22. The zero-order valence-corrected chi connectivity index (χ0v) is 12.5. The van der Waals surface area contributed by atoms with E-state index in [4.69, 9.17) is 0 Å². The van der Waals surface area contributed by atoms with Crippen LogP contribution >= 0.6 is 0 Å². The lowest BCUT2D eigenvalue weighted by Crippen LogP contribution is -2.03. The molecule has 0 spiro atoms. The molecule has 0 N–H and O–H groups in total. The molecule has 0 bridgehead atoms. The molecule has 0 atom stereocenters. The van der Waals surface area contributed by atoms with Gasteiger partial charge in [-0.05, 0) is 58.7 Å². The first-order valence-corrected chi connectivity index (χ1v) is 7.10. The summed E-state index contributed by atoms with van der Waals surface area (Å²) in [5, 5.41) is 6.89. The van der Waals surface area contributed by atoms with Crippen LogP contribution in [0, 0.1) is 13.8 Å². The zero-order chi connectivity index (χ0) is 14.0.